The number of hydrogen-bond acceptors (Lipinski definition) is 6. The molecule has 0 bridgehead atoms. The molecule has 0 saturated carbocycles. The van der Waals surface area contributed by atoms with Crippen molar-refractivity contribution in [3.8, 4) is 11.5 Å². The van der Waals surface area contributed by atoms with Crippen LogP contribution < -0.4 is 5.32 Å². The summed E-state index contributed by atoms with van der Waals surface area (Å²) in [5.74, 6) is 1.81. The van der Waals surface area contributed by atoms with Crippen LogP contribution in [0.3, 0.4) is 0 Å². The lowest BCUT2D eigenvalue weighted by atomic mass is 10.1. The largest absolute Gasteiger partial charge is 0.377 e. The maximum Gasteiger partial charge on any atom is 0.259 e. The highest BCUT2D eigenvalue weighted by atomic mass is 16.5. The summed E-state index contributed by atoms with van der Waals surface area (Å²) in [6, 6.07) is 14.3. The highest BCUT2D eigenvalue weighted by Gasteiger charge is 2.08. The zero-order chi connectivity index (χ0) is 16.6. The number of methoxy groups -OCH3 is 1. The van der Waals surface area contributed by atoms with Gasteiger partial charge >= 0.3 is 0 Å². The van der Waals surface area contributed by atoms with Gasteiger partial charge in [0, 0.05) is 19.9 Å². The molecule has 0 amide bonds. The van der Waals surface area contributed by atoms with Gasteiger partial charge in [0.25, 0.3) is 5.89 Å². The minimum absolute atomic E-state index is 0.331. The van der Waals surface area contributed by atoms with Gasteiger partial charge in [-0.05, 0) is 30.5 Å². The third kappa shape index (κ3) is 4.39. The van der Waals surface area contributed by atoms with E-state index in [0.717, 1.165) is 30.8 Å². The Bertz CT molecular complexity index is 741. The summed E-state index contributed by atoms with van der Waals surface area (Å²) in [5.41, 5.74) is 2.14. The molecule has 0 saturated heterocycles. The third-order valence-corrected chi connectivity index (χ3v) is 3.54. The first-order chi connectivity index (χ1) is 11.8. The molecule has 0 aliphatic carbocycles. The molecule has 3 aromatic rings. The zero-order valence-corrected chi connectivity index (χ0v) is 13.6. The standard InChI is InChI=1S/C18H20N4O2/c1-23-13-17-21-18(24-22-17)15-9-10-16(20-12-15)19-11-5-8-14-6-3-2-4-7-14/h2-4,6-7,9-10,12H,5,8,11,13H2,1H3,(H,19,20). The van der Waals surface area contributed by atoms with Gasteiger partial charge in [-0.3, -0.25) is 0 Å². The van der Waals surface area contributed by atoms with Gasteiger partial charge in [-0.25, -0.2) is 4.98 Å². The molecule has 0 atom stereocenters. The van der Waals surface area contributed by atoms with Crippen molar-refractivity contribution in [3.63, 3.8) is 0 Å². The molecule has 0 aliphatic heterocycles. The molecule has 6 nitrogen and oxygen atoms in total. The number of ether oxygens (including phenoxy) is 1. The molecule has 3 rings (SSSR count). The molecular formula is C18H20N4O2. The van der Waals surface area contributed by atoms with Crippen molar-refractivity contribution in [2.45, 2.75) is 19.4 Å². The second-order valence-corrected chi connectivity index (χ2v) is 5.40. The molecule has 0 aliphatic rings. The Morgan fingerprint density at radius 2 is 2.00 bits per heavy atom. The highest BCUT2D eigenvalue weighted by molar-refractivity contribution is 5.54. The Kier molecular flexibility index (Phi) is 5.52. The molecular weight excluding hydrogens is 304 g/mol. The van der Waals surface area contributed by atoms with Crippen molar-refractivity contribution in [3.05, 3.63) is 60.0 Å². The minimum Gasteiger partial charge on any atom is -0.377 e. The van der Waals surface area contributed by atoms with E-state index >= 15 is 0 Å². The first kappa shape index (κ1) is 16.1. The summed E-state index contributed by atoms with van der Waals surface area (Å²) in [5, 5.41) is 7.16. The average molecular weight is 324 g/mol. The summed E-state index contributed by atoms with van der Waals surface area (Å²) in [6.45, 7) is 1.21. The van der Waals surface area contributed by atoms with E-state index in [-0.39, 0.29) is 0 Å². The lowest BCUT2D eigenvalue weighted by Crippen LogP contribution is -2.04. The fraction of sp³-hybridized carbons (Fsp3) is 0.278. The van der Waals surface area contributed by atoms with E-state index < -0.39 is 0 Å². The maximum atomic E-state index is 5.19. The van der Waals surface area contributed by atoms with Crippen LogP contribution in [0.5, 0.6) is 0 Å². The van der Waals surface area contributed by atoms with Crippen LogP contribution in [0.15, 0.2) is 53.2 Å². The summed E-state index contributed by atoms with van der Waals surface area (Å²) in [4.78, 5) is 8.63. The van der Waals surface area contributed by atoms with Crippen molar-refractivity contribution >= 4 is 5.82 Å². The van der Waals surface area contributed by atoms with Crippen LogP contribution in [0.25, 0.3) is 11.5 Å². The molecule has 24 heavy (non-hydrogen) atoms. The normalized spacial score (nSPS) is 10.7. The summed E-state index contributed by atoms with van der Waals surface area (Å²) in [6.07, 6.45) is 3.83. The lowest BCUT2D eigenvalue weighted by Gasteiger charge is -2.06. The number of aromatic nitrogens is 3. The van der Waals surface area contributed by atoms with Gasteiger partial charge in [0.1, 0.15) is 12.4 Å². The molecule has 124 valence electrons. The Hall–Kier alpha value is -2.73. The highest BCUT2D eigenvalue weighted by Crippen LogP contribution is 2.17. The maximum absolute atomic E-state index is 5.19. The van der Waals surface area contributed by atoms with E-state index in [1.807, 2.05) is 18.2 Å². The molecule has 0 fully saturated rings. The van der Waals surface area contributed by atoms with Gasteiger partial charge < -0.3 is 14.6 Å². The number of benzene rings is 1. The van der Waals surface area contributed by atoms with Crippen LogP contribution in [0.1, 0.15) is 17.8 Å². The first-order valence-corrected chi connectivity index (χ1v) is 7.91. The van der Waals surface area contributed by atoms with Gasteiger partial charge in [0.2, 0.25) is 0 Å². The van der Waals surface area contributed by atoms with E-state index in [9.17, 15) is 0 Å². The van der Waals surface area contributed by atoms with Crippen molar-refractivity contribution in [1.29, 1.82) is 0 Å². The number of hydrogen-bond donors (Lipinski definition) is 1. The summed E-state index contributed by atoms with van der Waals surface area (Å²) in [7, 11) is 1.59. The number of nitrogens with one attached hydrogen (secondary N) is 1. The number of aryl methyl sites for hydroxylation is 1. The monoisotopic (exact) mass is 324 g/mol. The van der Waals surface area contributed by atoms with Crippen LogP contribution in [0.4, 0.5) is 5.82 Å². The molecule has 2 aromatic heterocycles. The van der Waals surface area contributed by atoms with Crippen molar-refractivity contribution in [2.24, 2.45) is 0 Å². The Morgan fingerprint density at radius 1 is 1.12 bits per heavy atom. The third-order valence-electron chi connectivity index (χ3n) is 3.54. The minimum atomic E-state index is 0.331. The number of pyridine rings is 1. The second kappa shape index (κ2) is 8.21. The zero-order valence-electron chi connectivity index (χ0n) is 13.6. The Morgan fingerprint density at radius 3 is 2.75 bits per heavy atom. The van der Waals surface area contributed by atoms with Crippen LogP contribution in [0.2, 0.25) is 0 Å². The molecule has 2 heterocycles. The van der Waals surface area contributed by atoms with Crippen LogP contribution in [-0.2, 0) is 17.8 Å². The smallest absolute Gasteiger partial charge is 0.259 e. The van der Waals surface area contributed by atoms with E-state index in [2.05, 4.69) is 44.7 Å². The van der Waals surface area contributed by atoms with E-state index in [1.54, 1.807) is 13.3 Å². The second-order valence-electron chi connectivity index (χ2n) is 5.40. The molecule has 0 unspecified atom stereocenters. The molecule has 1 aromatic carbocycles. The molecule has 6 heteroatoms. The molecule has 0 radical (unpaired) electrons. The lowest BCUT2D eigenvalue weighted by molar-refractivity contribution is 0.174. The van der Waals surface area contributed by atoms with Crippen molar-refractivity contribution in [2.75, 3.05) is 19.0 Å². The van der Waals surface area contributed by atoms with Crippen LogP contribution in [-0.4, -0.2) is 28.8 Å². The van der Waals surface area contributed by atoms with Gasteiger partial charge in [-0.15, -0.1) is 0 Å². The number of rotatable bonds is 8. The Labute approximate surface area is 140 Å². The predicted molar refractivity (Wildman–Crippen MR) is 91.5 cm³/mol. The SMILES string of the molecule is COCc1noc(-c2ccc(NCCCc3ccccc3)nc2)n1. The molecule has 1 N–H and O–H groups in total. The average Bonchev–Trinajstić information content (AvgIpc) is 3.09. The Balaban J connectivity index is 1.49. The summed E-state index contributed by atoms with van der Waals surface area (Å²) >= 11 is 0. The van der Waals surface area contributed by atoms with Gasteiger partial charge in [-0.2, -0.15) is 4.98 Å². The number of anilines is 1. The summed E-state index contributed by atoms with van der Waals surface area (Å²) < 4.78 is 10.2. The topological polar surface area (TPSA) is 73.1 Å². The first-order valence-electron chi connectivity index (χ1n) is 7.91. The predicted octanol–water partition coefficient (Wildman–Crippen LogP) is 3.32. The van der Waals surface area contributed by atoms with Gasteiger partial charge in [0.15, 0.2) is 5.82 Å². The van der Waals surface area contributed by atoms with E-state index in [4.69, 9.17) is 9.26 Å². The number of nitrogens with zero attached hydrogens (tertiary/aromatic N) is 3. The van der Waals surface area contributed by atoms with E-state index in [1.165, 1.54) is 5.56 Å². The van der Waals surface area contributed by atoms with Crippen LogP contribution in [0, 0.1) is 0 Å². The van der Waals surface area contributed by atoms with Gasteiger partial charge in [-0.1, -0.05) is 35.5 Å². The molecule has 0 spiro atoms. The fourth-order valence-corrected chi connectivity index (χ4v) is 2.34. The van der Waals surface area contributed by atoms with Crippen LogP contribution >= 0.6 is 0 Å². The van der Waals surface area contributed by atoms with Crippen molar-refractivity contribution in [1.82, 2.24) is 15.1 Å². The van der Waals surface area contributed by atoms with Gasteiger partial charge in [0.05, 0.1) is 5.56 Å². The van der Waals surface area contributed by atoms with Crippen molar-refractivity contribution < 1.29 is 9.26 Å². The van der Waals surface area contributed by atoms with E-state index in [0.29, 0.717) is 18.3 Å². The fourth-order valence-electron chi connectivity index (χ4n) is 2.34. The quantitative estimate of drug-likeness (QED) is 0.641.